The van der Waals surface area contributed by atoms with Gasteiger partial charge in [-0.1, -0.05) is 133 Å². The molecule has 0 saturated carbocycles. The molecular formula is C43H24N2O2S. The Morgan fingerprint density at radius 1 is 0.562 bits per heavy atom. The van der Waals surface area contributed by atoms with Gasteiger partial charge in [-0.25, -0.2) is 9.97 Å². The summed E-state index contributed by atoms with van der Waals surface area (Å²) in [5, 5.41) is 2.13. The Bertz CT molecular complexity index is 2690. The lowest BCUT2D eigenvalue weighted by atomic mass is 9.76. The average Bonchev–Trinajstić information content (AvgIpc) is 3.77. The zero-order valence-corrected chi connectivity index (χ0v) is 26.3. The van der Waals surface area contributed by atoms with E-state index in [1.165, 1.54) is 0 Å². The van der Waals surface area contributed by atoms with Crippen LogP contribution >= 0.6 is 11.8 Å². The molecule has 3 heterocycles. The van der Waals surface area contributed by atoms with Crippen molar-refractivity contribution in [3.05, 3.63) is 174 Å². The van der Waals surface area contributed by atoms with Crippen LogP contribution in [-0.2, 0) is 5.41 Å². The number of hydrogen-bond acceptors (Lipinski definition) is 5. The van der Waals surface area contributed by atoms with Crippen LogP contribution < -0.4 is 4.74 Å². The van der Waals surface area contributed by atoms with Crippen LogP contribution in [0.25, 0.3) is 60.5 Å². The van der Waals surface area contributed by atoms with Crippen LogP contribution in [-0.4, -0.2) is 9.97 Å². The quantitative estimate of drug-likeness (QED) is 0.190. The van der Waals surface area contributed by atoms with E-state index < -0.39 is 5.41 Å². The van der Waals surface area contributed by atoms with Gasteiger partial charge in [0, 0.05) is 27.5 Å². The van der Waals surface area contributed by atoms with Crippen molar-refractivity contribution in [2.24, 2.45) is 0 Å². The summed E-state index contributed by atoms with van der Waals surface area (Å²) < 4.78 is 14.0. The topological polar surface area (TPSA) is 48.2 Å². The largest absolute Gasteiger partial charge is 0.459 e. The van der Waals surface area contributed by atoms with Crippen molar-refractivity contribution < 1.29 is 9.15 Å². The van der Waals surface area contributed by atoms with Crippen LogP contribution in [0.1, 0.15) is 22.5 Å². The first kappa shape index (κ1) is 26.2. The van der Waals surface area contributed by atoms with Gasteiger partial charge in [-0.2, -0.15) is 0 Å². The Morgan fingerprint density at radius 3 is 2.23 bits per heavy atom. The summed E-state index contributed by atoms with van der Waals surface area (Å²) in [6.07, 6.45) is 0. The molecule has 0 N–H and O–H groups in total. The van der Waals surface area contributed by atoms with Crippen LogP contribution in [0.2, 0.25) is 0 Å². The number of hydrogen-bond donors (Lipinski definition) is 0. The summed E-state index contributed by atoms with van der Waals surface area (Å²) >= 11 is 1.77. The van der Waals surface area contributed by atoms with Gasteiger partial charge in [0.15, 0.2) is 5.82 Å². The Kier molecular flexibility index (Phi) is 5.22. The van der Waals surface area contributed by atoms with E-state index in [2.05, 4.69) is 121 Å². The maximum atomic E-state index is 7.04. The molecule has 4 nitrogen and oxygen atoms in total. The average molecular weight is 633 g/mol. The minimum Gasteiger partial charge on any atom is -0.459 e. The molecule has 0 radical (unpaired) electrons. The maximum Gasteiger partial charge on any atom is 0.161 e. The third-order valence-corrected chi connectivity index (χ3v) is 11.1. The van der Waals surface area contributed by atoms with Crippen LogP contribution in [0.4, 0.5) is 0 Å². The molecule has 1 aliphatic heterocycles. The minimum atomic E-state index is -0.786. The van der Waals surface area contributed by atoms with Gasteiger partial charge in [-0.3, -0.25) is 0 Å². The van der Waals surface area contributed by atoms with Crippen molar-refractivity contribution in [2.75, 3.05) is 0 Å². The third kappa shape index (κ3) is 3.31. The summed E-state index contributed by atoms with van der Waals surface area (Å²) in [5.74, 6) is 3.36. The molecule has 0 amide bonds. The Balaban J connectivity index is 1.24. The fourth-order valence-corrected chi connectivity index (χ4v) is 9.17. The monoisotopic (exact) mass is 632 g/mol. The molecule has 5 heteroatoms. The highest BCUT2D eigenvalue weighted by molar-refractivity contribution is 8.08. The molecular weight excluding hydrogens is 609 g/mol. The van der Waals surface area contributed by atoms with E-state index in [4.69, 9.17) is 19.1 Å². The summed E-state index contributed by atoms with van der Waals surface area (Å²) in [4.78, 5) is 12.7. The lowest BCUT2D eigenvalue weighted by Gasteiger charge is -2.31. The van der Waals surface area contributed by atoms with Gasteiger partial charge in [0.25, 0.3) is 0 Å². The fraction of sp³-hybridized carbons (Fsp3) is 0.0233. The van der Waals surface area contributed by atoms with Crippen molar-refractivity contribution in [2.45, 2.75) is 10.3 Å². The van der Waals surface area contributed by atoms with Crippen molar-refractivity contribution in [3.63, 3.8) is 0 Å². The highest BCUT2D eigenvalue weighted by Crippen LogP contribution is 2.68. The second-order valence-corrected chi connectivity index (χ2v) is 13.5. The molecule has 48 heavy (non-hydrogen) atoms. The van der Waals surface area contributed by atoms with Gasteiger partial charge in [0.1, 0.15) is 28.3 Å². The van der Waals surface area contributed by atoms with Gasteiger partial charge in [0.2, 0.25) is 0 Å². The number of aromatic nitrogens is 2. The van der Waals surface area contributed by atoms with Crippen molar-refractivity contribution in [1.29, 1.82) is 0 Å². The molecule has 8 aromatic rings. The molecule has 1 atom stereocenters. The zero-order valence-electron chi connectivity index (χ0n) is 25.5. The second-order valence-electron chi connectivity index (χ2n) is 12.4. The molecule has 3 aliphatic rings. The Labute approximate surface area is 280 Å². The highest BCUT2D eigenvalue weighted by atomic mass is 32.2. The third-order valence-electron chi connectivity index (χ3n) is 9.94. The first-order valence-corrected chi connectivity index (χ1v) is 16.9. The van der Waals surface area contributed by atoms with Crippen LogP contribution in [0.15, 0.2) is 161 Å². The van der Waals surface area contributed by atoms with Crippen molar-refractivity contribution >= 4 is 38.5 Å². The van der Waals surface area contributed by atoms with E-state index in [1.54, 1.807) is 11.8 Å². The molecule has 6 aromatic carbocycles. The first-order chi connectivity index (χ1) is 23.8. The van der Waals surface area contributed by atoms with E-state index in [0.29, 0.717) is 5.82 Å². The maximum absolute atomic E-state index is 7.04. The lowest BCUT2D eigenvalue weighted by Crippen LogP contribution is -2.30. The van der Waals surface area contributed by atoms with Gasteiger partial charge in [-0.05, 0) is 46.5 Å². The molecule has 2 aromatic heterocycles. The summed E-state index contributed by atoms with van der Waals surface area (Å²) in [5.41, 5.74) is 9.57. The number of allylic oxidation sites excluding steroid dienone is 1. The Morgan fingerprint density at radius 2 is 1.29 bits per heavy atom. The van der Waals surface area contributed by atoms with Gasteiger partial charge >= 0.3 is 0 Å². The first-order valence-electron chi connectivity index (χ1n) is 16.1. The van der Waals surface area contributed by atoms with Gasteiger partial charge in [-0.15, -0.1) is 0 Å². The summed E-state index contributed by atoms with van der Waals surface area (Å²) in [6.45, 7) is 0. The number of para-hydroxylation sites is 3. The van der Waals surface area contributed by atoms with Crippen LogP contribution in [0.5, 0.6) is 5.75 Å². The standard InChI is InChI=1S/C43H24N2O2S/c1-2-13-25(14-3-1)38-27-16-5-8-21-32(27)44-42(45-38)29-18-12-20-31-36(29)26-15-4-7-19-30(26)43(31)40-37(28-17-6-9-22-33(28)46-40)39-41(43)47-34-23-10-11-24-35(34)48-39/h1-24H. The van der Waals surface area contributed by atoms with Gasteiger partial charge in [0.05, 0.1) is 21.0 Å². The number of ether oxygens (including phenoxy) is 1. The predicted octanol–water partition coefficient (Wildman–Crippen LogP) is 10.9. The molecule has 0 saturated heterocycles. The highest BCUT2D eigenvalue weighted by Gasteiger charge is 2.59. The molecule has 0 fully saturated rings. The fourth-order valence-electron chi connectivity index (χ4n) is 8.00. The summed E-state index contributed by atoms with van der Waals surface area (Å²) in [7, 11) is 0. The number of thioether (sulfide) groups is 1. The molecule has 0 bridgehead atoms. The number of nitrogens with zero attached hydrogens (tertiary/aromatic N) is 2. The zero-order chi connectivity index (χ0) is 31.4. The Hall–Kier alpha value is -5.91. The van der Waals surface area contributed by atoms with Crippen molar-refractivity contribution in [3.8, 4) is 39.5 Å². The van der Waals surface area contributed by atoms with E-state index >= 15 is 0 Å². The number of furan rings is 1. The molecule has 1 spiro atoms. The van der Waals surface area contributed by atoms with E-state index in [0.717, 1.165) is 93.6 Å². The molecule has 1 unspecified atom stereocenters. The molecule has 11 rings (SSSR count). The SMILES string of the molecule is c1ccc(-c2nc(-c3cccc4c3-c3ccccc3C43C4=C(Sc5ccccc5O4)c4c3oc3ccccc43)nc3ccccc23)cc1. The predicted molar refractivity (Wildman–Crippen MR) is 192 cm³/mol. The number of benzene rings is 6. The van der Waals surface area contributed by atoms with Gasteiger partial charge < -0.3 is 9.15 Å². The normalized spacial score (nSPS) is 16.8. The molecule has 2 aliphatic carbocycles. The van der Waals surface area contributed by atoms with E-state index in [1.807, 2.05) is 24.3 Å². The second kappa shape index (κ2) is 9.57. The number of fused-ring (bicyclic) bond motifs is 13. The van der Waals surface area contributed by atoms with Crippen LogP contribution in [0, 0.1) is 0 Å². The minimum absolute atomic E-state index is 0.692. The number of rotatable bonds is 2. The molecule has 224 valence electrons. The van der Waals surface area contributed by atoms with E-state index in [-0.39, 0.29) is 0 Å². The smallest absolute Gasteiger partial charge is 0.161 e. The lowest BCUT2D eigenvalue weighted by molar-refractivity contribution is 0.343. The van der Waals surface area contributed by atoms with Crippen LogP contribution in [0.3, 0.4) is 0 Å². The van der Waals surface area contributed by atoms with Crippen molar-refractivity contribution in [1.82, 2.24) is 9.97 Å². The summed E-state index contributed by atoms with van der Waals surface area (Å²) in [6, 6.07) is 50.5. The van der Waals surface area contributed by atoms with E-state index in [9.17, 15) is 0 Å².